The van der Waals surface area contributed by atoms with E-state index in [4.69, 9.17) is 4.42 Å². The normalized spacial score (nSPS) is 20.6. The summed E-state index contributed by atoms with van der Waals surface area (Å²) in [5.41, 5.74) is 2.75. The van der Waals surface area contributed by atoms with E-state index < -0.39 is 0 Å². The summed E-state index contributed by atoms with van der Waals surface area (Å²) < 4.78 is 7.43. The van der Waals surface area contributed by atoms with E-state index in [2.05, 4.69) is 37.1 Å². The van der Waals surface area contributed by atoms with Crippen LogP contribution in [0.3, 0.4) is 0 Å². The monoisotopic (exact) mass is 449 g/mol. The second-order valence-electron chi connectivity index (χ2n) is 8.57. The Kier molecular flexibility index (Phi) is 5.89. The molecule has 5 rings (SSSR count). The maximum atomic E-state index is 9.22. The quantitative estimate of drug-likeness (QED) is 0.401. The van der Waals surface area contributed by atoms with Crippen LogP contribution in [0.15, 0.2) is 40.2 Å². The minimum Gasteiger partial charge on any atom is -0.440 e. The Hall–Kier alpha value is -2.83. The molecule has 0 spiro atoms. The standard InChI is InChI=1S/C23H27N7OS/c1-16-21(31-15-25-16)22-26-27-23(28(22)2)32-10-4-8-29-13-18-7-9-30(20(18)14-29)19-6-3-5-17(11-19)12-24/h3,5-6,11,15,18,20H,4,7-10,13-14H2,1-2H3/t18-,20+/m1/s1. The van der Waals surface area contributed by atoms with E-state index in [1.54, 1.807) is 11.8 Å². The van der Waals surface area contributed by atoms with Crippen molar-refractivity contribution >= 4 is 17.4 Å². The van der Waals surface area contributed by atoms with Crippen molar-refractivity contribution in [1.82, 2.24) is 24.6 Å². The van der Waals surface area contributed by atoms with Crippen LogP contribution >= 0.6 is 11.8 Å². The van der Waals surface area contributed by atoms with Gasteiger partial charge in [0.15, 0.2) is 17.3 Å². The Morgan fingerprint density at radius 2 is 2.19 bits per heavy atom. The number of aryl methyl sites for hydroxylation is 1. The molecule has 9 heteroatoms. The molecule has 32 heavy (non-hydrogen) atoms. The predicted octanol–water partition coefficient (Wildman–Crippen LogP) is 3.34. The summed E-state index contributed by atoms with van der Waals surface area (Å²) in [5, 5.41) is 18.7. The van der Waals surface area contributed by atoms with Crippen LogP contribution in [0.2, 0.25) is 0 Å². The zero-order valence-corrected chi connectivity index (χ0v) is 19.3. The molecule has 4 heterocycles. The maximum Gasteiger partial charge on any atom is 0.202 e. The van der Waals surface area contributed by atoms with E-state index in [1.165, 1.54) is 25.0 Å². The van der Waals surface area contributed by atoms with Crippen molar-refractivity contribution in [2.75, 3.05) is 36.8 Å². The Balaban J connectivity index is 1.12. The summed E-state index contributed by atoms with van der Waals surface area (Å²) in [4.78, 5) is 9.24. The lowest BCUT2D eigenvalue weighted by molar-refractivity contribution is 0.319. The van der Waals surface area contributed by atoms with Crippen LogP contribution in [-0.4, -0.2) is 62.6 Å². The first-order valence-corrected chi connectivity index (χ1v) is 12.0. The number of nitriles is 1. The molecule has 2 aliphatic heterocycles. The maximum absolute atomic E-state index is 9.22. The van der Waals surface area contributed by atoms with Crippen molar-refractivity contribution in [1.29, 1.82) is 5.26 Å². The van der Waals surface area contributed by atoms with Gasteiger partial charge in [-0.05, 0) is 50.4 Å². The zero-order chi connectivity index (χ0) is 22.1. The Morgan fingerprint density at radius 1 is 1.28 bits per heavy atom. The van der Waals surface area contributed by atoms with Gasteiger partial charge in [-0.25, -0.2) is 4.98 Å². The van der Waals surface area contributed by atoms with Gasteiger partial charge in [0, 0.05) is 44.2 Å². The molecule has 2 atom stereocenters. The van der Waals surface area contributed by atoms with Gasteiger partial charge in [0.2, 0.25) is 5.82 Å². The number of nitrogens with zero attached hydrogens (tertiary/aromatic N) is 7. The average Bonchev–Trinajstić information content (AvgIpc) is 3.56. The Labute approximate surface area is 192 Å². The smallest absolute Gasteiger partial charge is 0.202 e. The molecule has 0 saturated carbocycles. The minimum atomic E-state index is 0.558. The number of rotatable bonds is 7. The third kappa shape index (κ3) is 4.00. The van der Waals surface area contributed by atoms with Gasteiger partial charge in [0.25, 0.3) is 0 Å². The first-order valence-electron chi connectivity index (χ1n) is 11.1. The topological polar surface area (TPSA) is 87.0 Å². The highest BCUT2D eigenvalue weighted by molar-refractivity contribution is 7.99. The largest absolute Gasteiger partial charge is 0.440 e. The van der Waals surface area contributed by atoms with Crippen molar-refractivity contribution in [3.05, 3.63) is 41.9 Å². The molecule has 3 aromatic rings. The number of anilines is 1. The fraction of sp³-hybridized carbons (Fsp3) is 0.478. The summed E-state index contributed by atoms with van der Waals surface area (Å²) in [6.45, 7) is 6.37. The number of oxazole rings is 1. The Morgan fingerprint density at radius 3 is 3.00 bits per heavy atom. The molecule has 8 nitrogen and oxygen atoms in total. The molecule has 2 fully saturated rings. The van der Waals surface area contributed by atoms with Crippen LogP contribution in [0, 0.1) is 24.2 Å². The highest BCUT2D eigenvalue weighted by Gasteiger charge is 2.41. The van der Waals surface area contributed by atoms with E-state index >= 15 is 0 Å². The summed E-state index contributed by atoms with van der Waals surface area (Å²) in [5.74, 6) is 3.12. The SMILES string of the molecule is Cc1ncoc1-c1nnc(SCCCN2C[C@H]3CCN(c4cccc(C#N)c4)[C@H]3C2)n1C. The predicted molar refractivity (Wildman–Crippen MR) is 123 cm³/mol. The number of fused-ring (bicyclic) bond motifs is 1. The van der Waals surface area contributed by atoms with Crippen molar-refractivity contribution in [3.8, 4) is 17.7 Å². The number of hydrogen-bond donors (Lipinski definition) is 0. The number of benzene rings is 1. The zero-order valence-electron chi connectivity index (χ0n) is 18.4. The molecule has 1 aromatic carbocycles. The number of hydrogen-bond acceptors (Lipinski definition) is 8. The van der Waals surface area contributed by atoms with Crippen LogP contribution in [0.5, 0.6) is 0 Å². The van der Waals surface area contributed by atoms with Crippen molar-refractivity contribution in [2.24, 2.45) is 13.0 Å². The third-order valence-electron chi connectivity index (χ3n) is 6.56. The fourth-order valence-corrected chi connectivity index (χ4v) is 5.75. The molecule has 0 amide bonds. The van der Waals surface area contributed by atoms with Crippen LogP contribution in [0.4, 0.5) is 5.69 Å². The number of thioether (sulfide) groups is 1. The molecule has 0 bridgehead atoms. The van der Waals surface area contributed by atoms with Crippen LogP contribution in [0.1, 0.15) is 24.1 Å². The number of likely N-dealkylation sites (tertiary alicyclic amines) is 1. The van der Waals surface area contributed by atoms with E-state index in [0.717, 1.165) is 60.0 Å². The molecule has 2 saturated heterocycles. The highest BCUT2D eigenvalue weighted by Crippen LogP contribution is 2.35. The van der Waals surface area contributed by atoms with Gasteiger partial charge in [-0.2, -0.15) is 5.26 Å². The summed E-state index contributed by atoms with van der Waals surface area (Å²) in [6, 6.07) is 10.9. The van der Waals surface area contributed by atoms with Crippen molar-refractivity contribution in [3.63, 3.8) is 0 Å². The summed E-state index contributed by atoms with van der Waals surface area (Å²) in [7, 11) is 1.97. The van der Waals surface area contributed by atoms with Gasteiger partial charge < -0.3 is 18.8 Å². The Bertz CT molecular complexity index is 1130. The van der Waals surface area contributed by atoms with E-state index in [1.807, 2.05) is 36.7 Å². The molecule has 2 aromatic heterocycles. The second-order valence-corrected chi connectivity index (χ2v) is 9.63. The molecule has 0 radical (unpaired) electrons. The van der Waals surface area contributed by atoms with Gasteiger partial charge in [-0.1, -0.05) is 17.8 Å². The van der Waals surface area contributed by atoms with Gasteiger partial charge in [-0.15, -0.1) is 10.2 Å². The average molecular weight is 450 g/mol. The molecule has 0 unspecified atom stereocenters. The molecule has 0 aliphatic carbocycles. The molecule has 0 N–H and O–H groups in total. The van der Waals surface area contributed by atoms with Crippen molar-refractivity contribution in [2.45, 2.75) is 31.0 Å². The fourth-order valence-electron chi connectivity index (χ4n) is 4.91. The van der Waals surface area contributed by atoms with Crippen LogP contribution in [0.25, 0.3) is 11.6 Å². The lowest BCUT2D eigenvalue weighted by Crippen LogP contribution is -2.35. The van der Waals surface area contributed by atoms with Crippen LogP contribution in [-0.2, 0) is 7.05 Å². The lowest BCUT2D eigenvalue weighted by Gasteiger charge is -2.27. The number of aromatic nitrogens is 4. The molecule has 166 valence electrons. The van der Waals surface area contributed by atoms with Crippen LogP contribution < -0.4 is 4.90 Å². The first kappa shape index (κ1) is 21.0. The molecular formula is C23H27N7OS. The molecular weight excluding hydrogens is 422 g/mol. The van der Waals surface area contributed by atoms with Gasteiger partial charge >= 0.3 is 0 Å². The van der Waals surface area contributed by atoms with E-state index in [9.17, 15) is 5.26 Å². The van der Waals surface area contributed by atoms with Crippen molar-refractivity contribution < 1.29 is 4.42 Å². The van der Waals surface area contributed by atoms with Gasteiger partial charge in [0.05, 0.1) is 17.3 Å². The van der Waals surface area contributed by atoms with E-state index in [-0.39, 0.29) is 0 Å². The highest BCUT2D eigenvalue weighted by atomic mass is 32.2. The van der Waals surface area contributed by atoms with Gasteiger partial charge in [0.1, 0.15) is 0 Å². The molecule has 2 aliphatic rings. The van der Waals surface area contributed by atoms with Gasteiger partial charge in [-0.3, -0.25) is 0 Å². The minimum absolute atomic E-state index is 0.558. The summed E-state index contributed by atoms with van der Waals surface area (Å²) >= 11 is 1.74. The summed E-state index contributed by atoms with van der Waals surface area (Å²) in [6.07, 6.45) is 3.78. The lowest BCUT2D eigenvalue weighted by atomic mass is 10.0. The first-order chi connectivity index (χ1) is 15.6. The van der Waals surface area contributed by atoms with E-state index in [0.29, 0.717) is 11.8 Å². The third-order valence-corrected chi connectivity index (χ3v) is 7.67. The second kappa shape index (κ2) is 8.96.